The van der Waals surface area contributed by atoms with E-state index in [0.29, 0.717) is 11.4 Å². The third-order valence-corrected chi connectivity index (χ3v) is 4.93. The van der Waals surface area contributed by atoms with E-state index in [1.54, 1.807) is 25.2 Å². The lowest BCUT2D eigenvalue weighted by atomic mass is 10.4. The Labute approximate surface area is 118 Å². The number of hydrogen-bond acceptors (Lipinski definition) is 3. The van der Waals surface area contributed by atoms with Crippen LogP contribution in [0.3, 0.4) is 0 Å². The second kappa shape index (κ2) is 6.65. The number of nitrogens with zero attached hydrogens (tertiary/aromatic N) is 2. The fourth-order valence-electron chi connectivity index (χ4n) is 1.54. The molecule has 0 aliphatic heterocycles. The summed E-state index contributed by atoms with van der Waals surface area (Å²) in [5.41, 5.74) is 0. The van der Waals surface area contributed by atoms with Crippen LogP contribution in [0.5, 0.6) is 0 Å². The molecule has 0 saturated heterocycles. The first-order valence-corrected chi connectivity index (χ1v) is 7.94. The van der Waals surface area contributed by atoms with Gasteiger partial charge in [-0.05, 0) is 45.3 Å². The van der Waals surface area contributed by atoms with Crippen LogP contribution in [0, 0.1) is 0 Å². The van der Waals surface area contributed by atoms with Crippen molar-refractivity contribution in [1.82, 2.24) is 9.21 Å². The van der Waals surface area contributed by atoms with Crippen LogP contribution in [0.25, 0.3) is 0 Å². The lowest BCUT2D eigenvalue weighted by Crippen LogP contribution is -2.29. The molecule has 0 fully saturated rings. The van der Waals surface area contributed by atoms with Crippen molar-refractivity contribution in [3.8, 4) is 0 Å². The maximum Gasteiger partial charge on any atom is 0.242 e. The van der Waals surface area contributed by atoms with Gasteiger partial charge >= 0.3 is 0 Å². The average molecular weight is 335 g/mol. The highest BCUT2D eigenvalue weighted by Crippen LogP contribution is 2.19. The van der Waals surface area contributed by atoms with E-state index in [9.17, 15) is 8.42 Å². The van der Waals surface area contributed by atoms with Gasteiger partial charge in [-0.2, -0.15) is 0 Å². The minimum absolute atomic E-state index is 0.323. The molecule has 1 aromatic rings. The Morgan fingerprint density at radius 3 is 2.39 bits per heavy atom. The summed E-state index contributed by atoms with van der Waals surface area (Å²) >= 11 is 3.29. The molecule has 1 rings (SSSR count). The smallest absolute Gasteiger partial charge is 0.242 e. The molecule has 0 amide bonds. The largest absolute Gasteiger partial charge is 0.309 e. The first kappa shape index (κ1) is 15.6. The molecule has 18 heavy (non-hydrogen) atoms. The lowest BCUT2D eigenvalue weighted by Gasteiger charge is -2.18. The van der Waals surface area contributed by atoms with Gasteiger partial charge in [0, 0.05) is 18.1 Å². The molecule has 0 spiro atoms. The second-order valence-corrected chi connectivity index (χ2v) is 7.40. The van der Waals surface area contributed by atoms with Crippen molar-refractivity contribution in [3.05, 3.63) is 28.7 Å². The minimum atomic E-state index is -3.37. The quantitative estimate of drug-likeness (QED) is 0.799. The Morgan fingerprint density at radius 1 is 1.17 bits per heavy atom. The molecule has 6 heteroatoms. The Balaban J connectivity index is 2.74. The van der Waals surface area contributed by atoms with Gasteiger partial charge in [-0.3, -0.25) is 0 Å². The van der Waals surface area contributed by atoms with Crippen molar-refractivity contribution < 1.29 is 8.42 Å². The van der Waals surface area contributed by atoms with E-state index in [0.717, 1.165) is 17.4 Å². The van der Waals surface area contributed by atoms with Gasteiger partial charge in [0.25, 0.3) is 0 Å². The van der Waals surface area contributed by atoms with Gasteiger partial charge in [0.05, 0.1) is 4.90 Å². The normalized spacial score (nSPS) is 12.3. The Bertz CT molecular complexity index is 489. The monoisotopic (exact) mass is 334 g/mol. The maximum absolute atomic E-state index is 12.3. The van der Waals surface area contributed by atoms with E-state index in [2.05, 4.69) is 15.9 Å². The van der Waals surface area contributed by atoms with Crippen LogP contribution in [-0.4, -0.2) is 51.9 Å². The molecule has 0 aliphatic rings. The molecule has 0 unspecified atom stereocenters. The minimum Gasteiger partial charge on any atom is -0.309 e. The van der Waals surface area contributed by atoms with Gasteiger partial charge in [-0.1, -0.05) is 22.0 Å². The van der Waals surface area contributed by atoms with E-state index in [1.165, 1.54) is 4.31 Å². The zero-order valence-electron chi connectivity index (χ0n) is 10.9. The molecule has 0 N–H and O–H groups in total. The molecular weight excluding hydrogens is 316 g/mol. The van der Waals surface area contributed by atoms with Crippen LogP contribution in [0.2, 0.25) is 0 Å². The van der Waals surface area contributed by atoms with Gasteiger partial charge in [0.2, 0.25) is 10.0 Å². The summed E-state index contributed by atoms with van der Waals surface area (Å²) < 4.78 is 26.7. The van der Waals surface area contributed by atoms with Crippen molar-refractivity contribution in [3.63, 3.8) is 0 Å². The van der Waals surface area contributed by atoms with Crippen LogP contribution in [-0.2, 0) is 10.0 Å². The van der Waals surface area contributed by atoms with Crippen LogP contribution in [0.15, 0.2) is 33.6 Å². The van der Waals surface area contributed by atoms with Crippen molar-refractivity contribution in [2.45, 2.75) is 11.3 Å². The number of benzene rings is 1. The molecule has 4 nitrogen and oxygen atoms in total. The number of sulfonamides is 1. The molecule has 1 aromatic carbocycles. The summed E-state index contributed by atoms with van der Waals surface area (Å²) in [5, 5.41) is 0. The molecule has 0 radical (unpaired) electrons. The highest BCUT2D eigenvalue weighted by molar-refractivity contribution is 9.10. The highest BCUT2D eigenvalue weighted by atomic mass is 79.9. The molecule has 0 bridgehead atoms. The Kier molecular flexibility index (Phi) is 5.78. The summed E-state index contributed by atoms with van der Waals surface area (Å²) in [7, 11) is 2.19. The molecule has 0 aliphatic carbocycles. The van der Waals surface area contributed by atoms with Crippen molar-refractivity contribution in [2.24, 2.45) is 0 Å². The maximum atomic E-state index is 12.3. The lowest BCUT2D eigenvalue weighted by molar-refractivity contribution is 0.370. The Morgan fingerprint density at radius 2 is 1.83 bits per heavy atom. The van der Waals surface area contributed by atoms with Crippen molar-refractivity contribution in [1.29, 1.82) is 0 Å². The van der Waals surface area contributed by atoms with Crippen molar-refractivity contribution >= 4 is 26.0 Å². The first-order chi connectivity index (χ1) is 8.34. The zero-order chi connectivity index (χ0) is 13.8. The fraction of sp³-hybridized carbons (Fsp3) is 0.500. The zero-order valence-corrected chi connectivity index (χ0v) is 13.3. The summed E-state index contributed by atoms with van der Waals surface area (Å²) in [6.07, 6.45) is 0.816. The first-order valence-electron chi connectivity index (χ1n) is 5.70. The molecular formula is C12H19BrN2O2S. The van der Waals surface area contributed by atoms with E-state index >= 15 is 0 Å². The number of rotatable bonds is 6. The summed E-state index contributed by atoms with van der Waals surface area (Å²) in [6.45, 7) is 1.39. The van der Waals surface area contributed by atoms with Gasteiger partial charge in [-0.25, -0.2) is 12.7 Å². The highest BCUT2D eigenvalue weighted by Gasteiger charge is 2.20. The third-order valence-electron chi connectivity index (χ3n) is 2.58. The van der Waals surface area contributed by atoms with E-state index in [4.69, 9.17) is 0 Å². The average Bonchev–Trinajstić information content (AvgIpc) is 2.28. The summed E-state index contributed by atoms with van der Waals surface area (Å²) in [4.78, 5) is 2.36. The molecule has 0 heterocycles. The number of hydrogen-bond donors (Lipinski definition) is 0. The van der Waals surface area contributed by atoms with Gasteiger partial charge in [-0.15, -0.1) is 0 Å². The van der Waals surface area contributed by atoms with Crippen molar-refractivity contribution in [2.75, 3.05) is 34.2 Å². The fourth-order valence-corrected chi connectivity index (χ4v) is 3.34. The molecule has 0 saturated carbocycles. The summed E-state index contributed by atoms with van der Waals surface area (Å²) in [5.74, 6) is 0. The standard InChI is InChI=1S/C12H19BrN2O2S/c1-14(2)8-5-9-15(3)18(16,17)12-7-4-6-11(13)10-12/h4,6-7,10H,5,8-9H2,1-3H3. The number of halogens is 1. The molecule has 102 valence electrons. The van der Waals surface area contributed by atoms with Gasteiger partial charge < -0.3 is 4.90 Å². The van der Waals surface area contributed by atoms with E-state index in [-0.39, 0.29) is 0 Å². The molecule has 0 atom stereocenters. The van der Waals surface area contributed by atoms with E-state index < -0.39 is 10.0 Å². The topological polar surface area (TPSA) is 40.6 Å². The Hall–Kier alpha value is -0.430. The van der Waals surface area contributed by atoms with E-state index in [1.807, 2.05) is 25.1 Å². The van der Waals surface area contributed by atoms with Gasteiger partial charge in [0.15, 0.2) is 0 Å². The van der Waals surface area contributed by atoms with Crippen LogP contribution in [0.1, 0.15) is 6.42 Å². The summed E-state index contributed by atoms with van der Waals surface area (Å²) in [6, 6.07) is 6.77. The van der Waals surface area contributed by atoms with Crippen LogP contribution in [0.4, 0.5) is 0 Å². The second-order valence-electron chi connectivity index (χ2n) is 4.44. The van der Waals surface area contributed by atoms with Gasteiger partial charge in [0.1, 0.15) is 0 Å². The SMILES string of the molecule is CN(C)CCCN(C)S(=O)(=O)c1cccc(Br)c1. The van der Waals surface area contributed by atoms with Crippen LogP contribution >= 0.6 is 15.9 Å². The molecule has 0 aromatic heterocycles. The predicted octanol–water partition coefficient (Wildman–Crippen LogP) is 2.02. The predicted molar refractivity (Wildman–Crippen MR) is 77.1 cm³/mol. The van der Waals surface area contributed by atoms with Crippen LogP contribution < -0.4 is 0 Å². The third kappa shape index (κ3) is 4.35.